The molecule has 0 unspecified atom stereocenters. The molecule has 5 nitrogen and oxygen atoms in total. The van der Waals surface area contributed by atoms with Gasteiger partial charge in [0.2, 0.25) is 0 Å². The lowest BCUT2D eigenvalue weighted by atomic mass is 9.94. The molecule has 2 rings (SSSR count). The molecule has 114 valence electrons. The van der Waals surface area contributed by atoms with Gasteiger partial charge >= 0.3 is 12.0 Å². The first-order chi connectivity index (χ1) is 9.97. The van der Waals surface area contributed by atoms with Gasteiger partial charge in [0.25, 0.3) is 0 Å². The van der Waals surface area contributed by atoms with Crippen LogP contribution in [0.2, 0.25) is 5.02 Å². The quantitative estimate of drug-likeness (QED) is 0.900. The largest absolute Gasteiger partial charge is 0.481 e. The SMILES string of the molecule is O=C(O)CC1CCN(C(=O)Nc2cccc(Cl)c2F)CC1. The van der Waals surface area contributed by atoms with Gasteiger partial charge in [-0.25, -0.2) is 9.18 Å². The number of hydrogen-bond donors (Lipinski definition) is 2. The highest BCUT2D eigenvalue weighted by atomic mass is 35.5. The summed E-state index contributed by atoms with van der Waals surface area (Å²) in [6.45, 7) is 0.929. The number of hydrogen-bond acceptors (Lipinski definition) is 2. The number of likely N-dealkylation sites (tertiary alicyclic amines) is 1. The Labute approximate surface area is 126 Å². The van der Waals surface area contributed by atoms with Crippen molar-refractivity contribution in [1.29, 1.82) is 0 Å². The number of rotatable bonds is 3. The summed E-state index contributed by atoms with van der Waals surface area (Å²) in [6, 6.07) is 4.00. The summed E-state index contributed by atoms with van der Waals surface area (Å²) in [5.41, 5.74) is 0.0418. The lowest BCUT2D eigenvalue weighted by Crippen LogP contribution is -2.41. The maximum Gasteiger partial charge on any atom is 0.321 e. The molecule has 2 N–H and O–H groups in total. The van der Waals surface area contributed by atoms with Crippen LogP contribution in [0.4, 0.5) is 14.9 Å². The summed E-state index contributed by atoms with van der Waals surface area (Å²) in [6.07, 6.45) is 1.40. The molecule has 0 radical (unpaired) electrons. The number of nitrogens with one attached hydrogen (secondary N) is 1. The van der Waals surface area contributed by atoms with E-state index in [-0.39, 0.29) is 23.0 Å². The zero-order valence-electron chi connectivity index (χ0n) is 11.3. The molecular weight excluding hydrogens is 299 g/mol. The van der Waals surface area contributed by atoms with Gasteiger partial charge in [-0.1, -0.05) is 17.7 Å². The van der Waals surface area contributed by atoms with Gasteiger partial charge in [-0.15, -0.1) is 0 Å². The van der Waals surface area contributed by atoms with Crippen LogP contribution >= 0.6 is 11.6 Å². The van der Waals surface area contributed by atoms with Crippen LogP contribution in [-0.2, 0) is 4.79 Å². The van der Waals surface area contributed by atoms with Crippen LogP contribution < -0.4 is 5.32 Å². The molecule has 1 fully saturated rings. The lowest BCUT2D eigenvalue weighted by molar-refractivity contribution is -0.138. The number of carbonyl (C=O) groups is 2. The minimum absolute atomic E-state index is 0.0418. The van der Waals surface area contributed by atoms with Crippen molar-refractivity contribution in [3.8, 4) is 0 Å². The summed E-state index contributed by atoms with van der Waals surface area (Å²) in [7, 11) is 0. The Hall–Kier alpha value is -1.82. The number of anilines is 1. The molecule has 1 heterocycles. The highest BCUT2D eigenvalue weighted by Crippen LogP contribution is 2.24. The highest BCUT2D eigenvalue weighted by molar-refractivity contribution is 6.31. The van der Waals surface area contributed by atoms with Gasteiger partial charge in [0.1, 0.15) is 0 Å². The van der Waals surface area contributed by atoms with Crippen molar-refractivity contribution in [2.24, 2.45) is 5.92 Å². The highest BCUT2D eigenvalue weighted by Gasteiger charge is 2.24. The number of piperidine rings is 1. The second kappa shape index (κ2) is 6.76. The van der Waals surface area contributed by atoms with Crippen LogP contribution in [0.25, 0.3) is 0 Å². The smallest absolute Gasteiger partial charge is 0.321 e. The van der Waals surface area contributed by atoms with Crippen molar-refractivity contribution in [2.75, 3.05) is 18.4 Å². The monoisotopic (exact) mass is 314 g/mol. The van der Waals surface area contributed by atoms with Crippen LogP contribution in [0.15, 0.2) is 18.2 Å². The van der Waals surface area contributed by atoms with Gasteiger partial charge < -0.3 is 15.3 Å². The van der Waals surface area contributed by atoms with E-state index in [9.17, 15) is 14.0 Å². The van der Waals surface area contributed by atoms with Gasteiger partial charge in [-0.3, -0.25) is 4.79 Å². The molecule has 21 heavy (non-hydrogen) atoms. The van der Waals surface area contributed by atoms with E-state index in [1.807, 2.05) is 0 Å². The average Bonchev–Trinajstić information content (AvgIpc) is 2.44. The summed E-state index contributed by atoms with van der Waals surface area (Å²) < 4.78 is 13.7. The molecule has 0 saturated carbocycles. The third-order valence-electron chi connectivity index (χ3n) is 3.56. The second-order valence-electron chi connectivity index (χ2n) is 5.06. The minimum atomic E-state index is -0.820. The van der Waals surface area contributed by atoms with E-state index in [2.05, 4.69) is 5.32 Å². The topological polar surface area (TPSA) is 69.6 Å². The Kier molecular flexibility index (Phi) is 5.01. The zero-order chi connectivity index (χ0) is 15.4. The third kappa shape index (κ3) is 4.07. The number of urea groups is 1. The number of halogens is 2. The maximum absolute atomic E-state index is 13.7. The predicted octanol–water partition coefficient (Wildman–Crippen LogP) is 3.20. The van der Waals surface area contributed by atoms with Gasteiger partial charge in [0.15, 0.2) is 5.82 Å². The molecule has 1 aliphatic rings. The number of nitrogens with zero attached hydrogens (tertiary/aromatic N) is 1. The van der Waals surface area contributed by atoms with Crippen molar-refractivity contribution in [3.05, 3.63) is 29.0 Å². The molecule has 0 bridgehead atoms. The minimum Gasteiger partial charge on any atom is -0.481 e. The lowest BCUT2D eigenvalue weighted by Gasteiger charge is -2.31. The Balaban J connectivity index is 1.90. The molecule has 0 spiro atoms. The van der Waals surface area contributed by atoms with E-state index >= 15 is 0 Å². The first-order valence-corrected chi connectivity index (χ1v) is 7.07. The Morgan fingerprint density at radius 1 is 1.38 bits per heavy atom. The van der Waals surface area contributed by atoms with Gasteiger partial charge in [-0.2, -0.15) is 0 Å². The van der Waals surface area contributed by atoms with Crippen molar-refractivity contribution in [1.82, 2.24) is 4.90 Å². The van der Waals surface area contributed by atoms with Crippen LogP contribution in [0.1, 0.15) is 19.3 Å². The summed E-state index contributed by atoms with van der Waals surface area (Å²) in [5, 5.41) is 11.2. The molecule has 1 aliphatic heterocycles. The standard InChI is InChI=1S/C14H16ClFN2O3/c15-10-2-1-3-11(13(10)16)17-14(21)18-6-4-9(5-7-18)8-12(19)20/h1-3,9H,4-8H2,(H,17,21)(H,19,20). The normalized spacial score (nSPS) is 15.8. The molecule has 7 heteroatoms. The van der Waals surface area contributed by atoms with Crippen molar-refractivity contribution >= 4 is 29.3 Å². The maximum atomic E-state index is 13.7. The van der Waals surface area contributed by atoms with E-state index in [1.54, 1.807) is 11.0 Å². The van der Waals surface area contributed by atoms with Crippen LogP contribution in [-0.4, -0.2) is 35.1 Å². The Morgan fingerprint density at radius 3 is 2.67 bits per heavy atom. The van der Waals surface area contributed by atoms with Gasteiger partial charge in [-0.05, 0) is 30.9 Å². The predicted molar refractivity (Wildman–Crippen MR) is 77.0 cm³/mol. The number of aliphatic carboxylic acids is 1. The summed E-state index contributed by atoms with van der Waals surface area (Å²) >= 11 is 5.66. The van der Waals surface area contributed by atoms with Crippen molar-refractivity contribution in [2.45, 2.75) is 19.3 Å². The number of benzene rings is 1. The van der Waals surface area contributed by atoms with E-state index in [1.165, 1.54) is 12.1 Å². The third-order valence-corrected chi connectivity index (χ3v) is 3.85. The van der Waals surface area contributed by atoms with Crippen molar-refractivity contribution < 1.29 is 19.1 Å². The van der Waals surface area contributed by atoms with E-state index in [0.717, 1.165) is 0 Å². The van der Waals surface area contributed by atoms with Gasteiger partial charge in [0.05, 0.1) is 10.7 Å². The van der Waals surface area contributed by atoms with E-state index in [4.69, 9.17) is 16.7 Å². The molecule has 0 aromatic heterocycles. The molecule has 0 atom stereocenters. The molecule has 2 amide bonds. The fourth-order valence-corrected chi connectivity index (χ4v) is 2.56. The molecule has 1 aromatic rings. The van der Waals surface area contributed by atoms with Crippen LogP contribution in [0.5, 0.6) is 0 Å². The average molecular weight is 315 g/mol. The Morgan fingerprint density at radius 2 is 2.05 bits per heavy atom. The molecule has 1 saturated heterocycles. The first kappa shape index (κ1) is 15.6. The number of carbonyl (C=O) groups excluding carboxylic acids is 1. The summed E-state index contributed by atoms with van der Waals surface area (Å²) in [5.74, 6) is -1.39. The fraction of sp³-hybridized carbons (Fsp3) is 0.429. The second-order valence-corrected chi connectivity index (χ2v) is 5.47. The fourth-order valence-electron chi connectivity index (χ4n) is 2.38. The summed E-state index contributed by atoms with van der Waals surface area (Å²) in [4.78, 5) is 24.2. The zero-order valence-corrected chi connectivity index (χ0v) is 12.1. The van der Waals surface area contributed by atoms with E-state index < -0.39 is 17.8 Å². The van der Waals surface area contributed by atoms with Crippen LogP contribution in [0.3, 0.4) is 0 Å². The number of amides is 2. The Bertz CT molecular complexity index is 545. The van der Waals surface area contributed by atoms with Gasteiger partial charge in [0, 0.05) is 19.5 Å². The number of carboxylic acids is 1. The molecular formula is C14H16ClFN2O3. The van der Waals surface area contributed by atoms with Crippen LogP contribution in [0, 0.1) is 11.7 Å². The first-order valence-electron chi connectivity index (χ1n) is 6.69. The number of carboxylic acid groups (broad SMARTS) is 1. The molecule has 1 aromatic carbocycles. The van der Waals surface area contributed by atoms with E-state index in [0.29, 0.717) is 25.9 Å². The van der Waals surface area contributed by atoms with Crippen molar-refractivity contribution in [3.63, 3.8) is 0 Å². The molecule has 0 aliphatic carbocycles.